The molecule has 0 bridgehead atoms. The third-order valence-electron chi connectivity index (χ3n) is 4.76. The fraction of sp³-hybridized carbons (Fsp3) is 0.160. The topological polar surface area (TPSA) is 76.4 Å². The van der Waals surface area contributed by atoms with E-state index < -0.39 is 0 Å². The number of nitrogens with one attached hydrogen (secondary N) is 2. The highest BCUT2D eigenvalue weighted by molar-refractivity contribution is 7.80. The lowest BCUT2D eigenvalue weighted by molar-refractivity contribution is 0.0977. The summed E-state index contributed by atoms with van der Waals surface area (Å²) in [5, 5.41) is 6.55. The molecule has 1 heterocycles. The van der Waals surface area contributed by atoms with Gasteiger partial charge in [-0.1, -0.05) is 36.7 Å². The molecule has 2 N–H and O–H groups in total. The molecule has 0 radical (unpaired) electrons. The van der Waals surface area contributed by atoms with Crippen molar-refractivity contribution in [2.75, 3.05) is 11.9 Å². The molecule has 0 unspecified atom stereocenters. The number of amides is 1. The zero-order chi connectivity index (χ0) is 23.2. The Hall–Kier alpha value is -3.42. The maximum atomic E-state index is 12.5. The van der Waals surface area contributed by atoms with Gasteiger partial charge in [-0.25, -0.2) is 4.98 Å². The number of oxazole rings is 1. The molecule has 0 saturated carbocycles. The van der Waals surface area contributed by atoms with Crippen molar-refractivity contribution < 1.29 is 13.9 Å². The summed E-state index contributed by atoms with van der Waals surface area (Å²) in [6.45, 7) is 2.63. The molecule has 3 aromatic carbocycles. The van der Waals surface area contributed by atoms with Crippen LogP contribution in [-0.4, -0.2) is 22.6 Å². The van der Waals surface area contributed by atoms with Crippen LogP contribution in [0.5, 0.6) is 5.75 Å². The highest BCUT2D eigenvalue weighted by Gasteiger charge is 2.10. The van der Waals surface area contributed by atoms with Crippen LogP contribution < -0.4 is 15.4 Å². The largest absolute Gasteiger partial charge is 0.494 e. The van der Waals surface area contributed by atoms with Crippen molar-refractivity contribution in [3.8, 4) is 5.75 Å². The van der Waals surface area contributed by atoms with Gasteiger partial charge in [0.25, 0.3) is 5.91 Å². The van der Waals surface area contributed by atoms with Gasteiger partial charge >= 0.3 is 0 Å². The minimum absolute atomic E-state index is 0.212. The standard InChI is InChI=1S/C25H22ClN3O3S/c1-2-12-31-20-5-3-4-17(14-20)24(30)29-25(33)27-19-9-6-16(7-10-19)13-23-28-21-15-18(26)8-11-22(21)32-23/h3-11,14-15H,2,12-13H2,1H3,(H2,27,29,30,33). The van der Waals surface area contributed by atoms with E-state index in [9.17, 15) is 4.79 Å². The first kappa shape index (κ1) is 22.8. The van der Waals surface area contributed by atoms with Crippen molar-refractivity contribution in [2.24, 2.45) is 0 Å². The number of ether oxygens (including phenoxy) is 1. The molecule has 0 atom stereocenters. The predicted molar refractivity (Wildman–Crippen MR) is 134 cm³/mol. The second kappa shape index (κ2) is 10.5. The van der Waals surface area contributed by atoms with Gasteiger partial charge < -0.3 is 14.5 Å². The van der Waals surface area contributed by atoms with Gasteiger partial charge in [0.15, 0.2) is 16.6 Å². The molecule has 1 amide bonds. The fourth-order valence-corrected chi connectivity index (χ4v) is 3.57. The van der Waals surface area contributed by atoms with Gasteiger partial charge in [0.05, 0.1) is 6.61 Å². The number of aromatic nitrogens is 1. The van der Waals surface area contributed by atoms with Crippen LogP contribution in [-0.2, 0) is 6.42 Å². The average Bonchev–Trinajstić information content (AvgIpc) is 3.20. The van der Waals surface area contributed by atoms with Crippen LogP contribution in [0.4, 0.5) is 5.69 Å². The van der Waals surface area contributed by atoms with Crippen LogP contribution in [0, 0.1) is 0 Å². The normalized spacial score (nSPS) is 10.7. The van der Waals surface area contributed by atoms with Crippen molar-refractivity contribution in [1.29, 1.82) is 0 Å². The van der Waals surface area contributed by atoms with Crippen LogP contribution in [0.15, 0.2) is 71.1 Å². The van der Waals surface area contributed by atoms with Crippen molar-refractivity contribution in [3.63, 3.8) is 0 Å². The number of hydrogen-bond donors (Lipinski definition) is 2. The van der Waals surface area contributed by atoms with Crippen molar-refractivity contribution >= 4 is 51.6 Å². The molecule has 0 aliphatic heterocycles. The van der Waals surface area contributed by atoms with Gasteiger partial charge in [0.1, 0.15) is 11.3 Å². The number of carbonyl (C=O) groups is 1. The van der Waals surface area contributed by atoms with Crippen molar-refractivity contribution in [1.82, 2.24) is 10.3 Å². The SMILES string of the molecule is CCCOc1cccc(C(=O)NC(=S)Nc2ccc(Cc3nc4cc(Cl)ccc4o3)cc2)c1. The van der Waals surface area contributed by atoms with Gasteiger partial charge in [-0.15, -0.1) is 0 Å². The zero-order valence-corrected chi connectivity index (χ0v) is 19.5. The molecule has 1 aromatic heterocycles. The minimum atomic E-state index is -0.304. The molecule has 4 aromatic rings. The summed E-state index contributed by atoms with van der Waals surface area (Å²) >= 11 is 11.3. The molecule has 8 heteroatoms. The van der Waals surface area contributed by atoms with E-state index >= 15 is 0 Å². The van der Waals surface area contributed by atoms with E-state index in [2.05, 4.69) is 15.6 Å². The Bertz CT molecular complexity index is 1290. The van der Waals surface area contributed by atoms with E-state index in [4.69, 9.17) is 33.0 Å². The third kappa shape index (κ3) is 6.09. The number of benzene rings is 3. The van der Waals surface area contributed by atoms with Crippen molar-refractivity contribution in [2.45, 2.75) is 19.8 Å². The number of anilines is 1. The smallest absolute Gasteiger partial charge is 0.257 e. The van der Waals surface area contributed by atoms with Crippen LogP contribution in [0.2, 0.25) is 5.02 Å². The van der Waals surface area contributed by atoms with Gasteiger partial charge in [-0.05, 0) is 72.7 Å². The molecule has 33 heavy (non-hydrogen) atoms. The van der Waals surface area contributed by atoms with Crippen LogP contribution in [0.1, 0.15) is 35.2 Å². The Balaban J connectivity index is 1.33. The summed E-state index contributed by atoms with van der Waals surface area (Å²) in [6.07, 6.45) is 1.44. The number of rotatable bonds is 7. The summed E-state index contributed by atoms with van der Waals surface area (Å²) in [4.78, 5) is 17.0. The molecule has 168 valence electrons. The Morgan fingerprint density at radius 3 is 2.73 bits per heavy atom. The lowest BCUT2D eigenvalue weighted by Gasteiger charge is -2.11. The summed E-state index contributed by atoms with van der Waals surface area (Å²) in [7, 11) is 0. The molecule has 0 aliphatic rings. The number of thiocarbonyl (C=S) groups is 1. The maximum absolute atomic E-state index is 12.5. The highest BCUT2D eigenvalue weighted by Crippen LogP contribution is 2.22. The first-order valence-electron chi connectivity index (χ1n) is 10.5. The number of carbonyl (C=O) groups excluding carboxylic acids is 1. The van der Waals surface area contributed by atoms with E-state index in [0.29, 0.717) is 40.8 Å². The number of fused-ring (bicyclic) bond motifs is 1. The first-order valence-corrected chi connectivity index (χ1v) is 11.3. The van der Waals surface area contributed by atoms with Crippen LogP contribution >= 0.6 is 23.8 Å². The summed E-state index contributed by atoms with van der Waals surface area (Å²) < 4.78 is 11.4. The molecule has 0 spiro atoms. The number of halogens is 1. The second-order valence-electron chi connectivity index (χ2n) is 7.38. The summed E-state index contributed by atoms with van der Waals surface area (Å²) in [5.74, 6) is 0.962. The Morgan fingerprint density at radius 1 is 1.12 bits per heavy atom. The van der Waals surface area contributed by atoms with E-state index in [1.807, 2.05) is 43.3 Å². The van der Waals surface area contributed by atoms with Gasteiger partial charge in [-0.2, -0.15) is 0 Å². The van der Waals surface area contributed by atoms with E-state index in [1.54, 1.807) is 30.3 Å². The lowest BCUT2D eigenvalue weighted by Crippen LogP contribution is -2.34. The minimum Gasteiger partial charge on any atom is -0.494 e. The Kier molecular flexibility index (Phi) is 7.22. The third-order valence-corrected chi connectivity index (χ3v) is 5.20. The molecule has 4 rings (SSSR count). The fourth-order valence-electron chi connectivity index (χ4n) is 3.19. The number of hydrogen-bond acceptors (Lipinski definition) is 5. The predicted octanol–water partition coefficient (Wildman–Crippen LogP) is 5.99. The maximum Gasteiger partial charge on any atom is 0.257 e. The molecule has 0 aliphatic carbocycles. The molecular formula is C25H22ClN3O3S. The number of nitrogens with zero attached hydrogens (tertiary/aromatic N) is 1. The van der Waals surface area contributed by atoms with E-state index in [-0.39, 0.29) is 11.0 Å². The van der Waals surface area contributed by atoms with E-state index in [0.717, 1.165) is 23.2 Å². The summed E-state index contributed by atoms with van der Waals surface area (Å²) in [6, 6.07) is 20.0. The summed E-state index contributed by atoms with van der Waals surface area (Å²) in [5.41, 5.74) is 3.70. The average molecular weight is 480 g/mol. The quantitative estimate of drug-likeness (QED) is 0.317. The monoisotopic (exact) mass is 479 g/mol. The van der Waals surface area contributed by atoms with Gasteiger partial charge in [0.2, 0.25) is 0 Å². The van der Waals surface area contributed by atoms with E-state index in [1.165, 1.54) is 0 Å². The lowest BCUT2D eigenvalue weighted by atomic mass is 10.1. The zero-order valence-electron chi connectivity index (χ0n) is 17.9. The second-order valence-corrected chi connectivity index (χ2v) is 8.22. The van der Waals surface area contributed by atoms with Crippen LogP contribution in [0.3, 0.4) is 0 Å². The molecule has 6 nitrogen and oxygen atoms in total. The highest BCUT2D eigenvalue weighted by atomic mass is 35.5. The van der Waals surface area contributed by atoms with Gasteiger partial charge in [-0.3, -0.25) is 10.1 Å². The molecule has 0 fully saturated rings. The van der Waals surface area contributed by atoms with Crippen molar-refractivity contribution in [3.05, 3.63) is 88.8 Å². The van der Waals surface area contributed by atoms with Crippen LogP contribution in [0.25, 0.3) is 11.1 Å². The Morgan fingerprint density at radius 2 is 1.94 bits per heavy atom. The first-order chi connectivity index (χ1) is 16.0. The molecule has 0 saturated heterocycles. The van der Waals surface area contributed by atoms with Gasteiger partial charge in [0, 0.05) is 22.7 Å². The molecular weight excluding hydrogens is 458 g/mol. The Labute approximate surface area is 201 Å².